The summed E-state index contributed by atoms with van der Waals surface area (Å²) in [6, 6.07) is 9.23. The van der Waals surface area contributed by atoms with E-state index in [1.807, 2.05) is 11.8 Å². The molecule has 0 saturated carbocycles. The predicted octanol–water partition coefficient (Wildman–Crippen LogP) is 2.77. The maximum atomic E-state index is 5.86. The molecule has 17 heavy (non-hydrogen) atoms. The third-order valence-electron chi connectivity index (χ3n) is 3.23. The van der Waals surface area contributed by atoms with Crippen molar-refractivity contribution >= 4 is 17.4 Å². The Bertz CT molecular complexity index is 311. The molecule has 0 aromatic heterocycles. The van der Waals surface area contributed by atoms with Crippen LogP contribution in [0.15, 0.2) is 24.3 Å². The van der Waals surface area contributed by atoms with Crippen molar-refractivity contribution in [1.29, 1.82) is 0 Å². The monoisotopic (exact) mass is 252 g/mol. The predicted molar refractivity (Wildman–Crippen MR) is 80.1 cm³/mol. The first-order valence-corrected chi connectivity index (χ1v) is 7.63. The van der Waals surface area contributed by atoms with Gasteiger partial charge < -0.3 is 10.6 Å². The smallest absolute Gasteiger partial charge is 0.0416 e. The molecular formula is C14H24N2S. The lowest BCUT2D eigenvalue weighted by molar-refractivity contribution is 0.623. The van der Waals surface area contributed by atoms with Crippen LogP contribution < -0.4 is 10.6 Å². The number of anilines is 1. The van der Waals surface area contributed by atoms with Crippen LogP contribution in [-0.4, -0.2) is 31.6 Å². The summed E-state index contributed by atoms with van der Waals surface area (Å²) in [6.45, 7) is 2.90. The molecule has 3 heteroatoms. The standard InChI is InChI=1S/C14H24N2S/c1-4-12-5-7-13(8-6-12)16(2)14(11-15)9-10-17-3/h5-8,14H,4,9-11,15H2,1-3H3. The number of rotatable bonds is 7. The number of nitrogens with zero attached hydrogens (tertiary/aromatic N) is 1. The van der Waals surface area contributed by atoms with Crippen molar-refractivity contribution in [1.82, 2.24) is 0 Å². The molecule has 0 aliphatic heterocycles. The van der Waals surface area contributed by atoms with Crippen LogP contribution in [0.25, 0.3) is 0 Å². The summed E-state index contributed by atoms with van der Waals surface area (Å²) in [5.74, 6) is 1.17. The van der Waals surface area contributed by atoms with E-state index in [9.17, 15) is 0 Å². The second kappa shape index (κ2) is 7.62. The van der Waals surface area contributed by atoms with Crippen molar-refractivity contribution in [3.8, 4) is 0 Å². The molecule has 0 amide bonds. The molecule has 1 unspecified atom stereocenters. The van der Waals surface area contributed by atoms with Gasteiger partial charge in [0.1, 0.15) is 0 Å². The lowest BCUT2D eigenvalue weighted by atomic mass is 10.1. The Balaban J connectivity index is 2.67. The molecule has 0 aliphatic carbocycles. The third kappa shape index (κ3) is 4.25. The van der Waals surface area contributed by atoms with Crippen LogP contribution in [0.3, 0.4) is 0 Å². The Morgan fingerprint density at radius 2 is 1.94 bits per heavy atom. The van der Waals surface area contributed by atoms with Gasteiger partial charge >= 0.3 is 0 Å². The zero-order valence-electron chi connectivity index (χ0n) is 11.1. The average molecular weight is 252 g/mol. The number of benzene rings is 1. The molecule has 96 valence electrons. The second-order valence-electron chi connectivity index (χ2n) is 4.30. The Morgan fingerprint density at radius 3 is 2.41 bits per heavy atom. The summed E-state index contributed by atoms with van der Waals surface area (Å²) in [5, 5.41) is 0. The minimum absolute atomic E-state index is 0.440. The van der Waals surface area contributed by atoms with Crippen molar-refractivity contribution in [3.05, 3.63) is 29.8 Å². The molecule has 2 N–H and O–H groups in total. The zero-order valence-corrected chi connectivity index (χ0v) is 12.0. The Hall–Kier alpha value is -0.670. The highest BCUT2D eigenvalue weighted by molar-refractivity contribution is 7.98. The number of hydrogen-bond donors (Lipinski definition) is 1. The van der Waals surface area contributed by atoms with Gasteiger partial charge in [0.15, 0.2) is 0 Å². The van der Waals surface area contributed by atoms with E-state index in [1.165, 1.54) is 17.0 Å². The summed E-state index contributed by atoms with van der Waals surface area (Å²) in [5.41, 5.74) is 8.50. The maximum absolute atomic E-state index is 5.86. The topological polar surface area (TPSA) is 29.3 Å². The minimum Gasteiger partial charge on any atom is -0.370 e. The molecule has 0 fully saturated rings. The molecular weight excluding hydrogens is 228 g/mol. The van der Waals surface area contributed by atoms with Crippen molar-refractivity contribution in [3.63, 3.8) is 0 Å². The van der Waals surface area contributed by atoms with Crippen LogP contribution in [0.1, 0.15) is 18.9 Å². The quantitative estimate of drug-likeness (QED) is 0.809. The van der Waals surface area contributed by atoms with Crippen LogP contribution in [0.5, 0.6) is 0 Å². The molecule has 0 bridgehead atoms. The molecule has 2 nitrogen and oxygen atoms in total. The van der Waals surface area contributed by atoms with E-state index in [0.717, 1.165) is 12.8 Å². The fourth-order valence-electron chi connectivity index (χ4n) is 1.90. The van der Waals surface area contributed by atoms with Gasteiger partial charge in [-0.25, -0.2) is 0 Å². The lowest BCUT2D eigenvalue weighted by Gasteiger charge is -2.29. The maximum Gasteiger partial charge on any atom is 0.0416 e. The molecule has 1 atom stereocenters. The summed E-state index contributed by atoms with van der Waals surface area (Å²) in [7, 11) is 2.14. The number of likely N-dealkylation sites (N-methyl/N-ethyl adjacent to an activating group) is 1. The molecule has 1 aromatic carbocycles. The summed E-state index contributed by atoms with van der Waals surface area (Å²) in [6.07, 6.45) is 4.38. The van der Waals surface area contributed by atoms with Crippen LogP contribution in [0, 0.1) is 0 Å². The van der Waals surface area contributed by atoms with E-state index in [0.29, 0.717) is 12.6 Å². The van der Waals surface area contributed by atoms with Gasteiger partial charge in [-0.3, -0.25) is 0 Å². The van der Waals surface area contributed by atoms with Gasteiger partial charge in [-0.05, 0) is 42.5 Å². The zero-order chi connectivity index (χ0) is 12.7. The summed E-state index contributed by atoms with van der Waals surface area (Å²) < 4.78 is 0. The molecule has 1 aromatic rings. The van der Waals surface area contributed by atoms with Crippen molar-refractivity contribution in [2.24, 2.45) is 5.73 Å². The van der Waals surface area contributed by atoms with Gasteiger partial charge in [-0.15, -0.1) is 0 Å². The van der Waals surface area contributed by atoms with E-state index in [2.05, 4.69) is 49.4 Å². The van der Waals surface area contributed by atoms with Gasteiger partial charge in [0.05, 0.1) is 0 Å². The SMILES string of the molecule is CCc1ccc(N(C)C(CN)CCSC)cc1. The largest absolute Gasteiger partial charge is 0.370 e. The fourth-order valence-corrected chi connectivity index (χ4v) is 2.41. The van der Waals surface area contributed by atoms with Gasteiger partial charge in [0.25, 0.3) is 0 Å². The first-order chi connectivity index (χ1) is 8.22. The van der Waals surface area contributed by atoms with Crippen molar-refractivity contribution in [2.45, 2.75) is 25.8 Å². The summed E-state index contributed by atoms with van der Waals surface area (Å²) in [4.78, 5) is 2.30. The molecule has 0 heterocycles. The number of aryl methyl sites for hydroxylation is 1. The lowest BCUT2D eigenvalue weighted by Crippen LogP contribution is -2.38. The Morgan fingerprint density at radius 1 is 1.29 bits per heavy atom. The van der Waals surface area contributed by atoms with Gasteiger partial charge in [0.2, 0.25) is 0 Å². The van der Waals surface area contributed by atoms with Gasteiger partial charge in [-0.2, -0.15) is 11.8 Å². The second-order valence-corrected chi connectivity index (χ2v) is 5.29. The van der Waals surface area contributed by atoms with E-state index in [-0.39, 0.29) is 0 Å². The van der Waals surface area contributed by atoms with Gasteiger partial charge in [-0.1, -0.05) is 19.1 Å². The average Bonchev–Trinajstić information content (AvgIpc) is 2.39. The van der Waals surface area contributed by atoms with Gasteiger partial charge in [0, 0.05) is 25.3 Å². The van der Waals surface area contributed by atoms with Crippen LogP contribution >= 0.6 is 11.8 Å². The van der Waals surface area contributed by atoms with Crippen molar-refractivity contribution in [2.75, 3.05) is 30.5 Å². The number of hydrogen-bond acceptors (Lipinski definition) is 3. The highest BCUT2D eigenvalue weighted by Crippen LogP contribution is 2.18. The van der Waals surface area contributed by atoms with Crippen molar-refractivity contribution < 1.29 is 0 Å². The summed E-state index contributed by atoms with van der Waals surface area (Å²) >= 11 is 1.88. The minimum atomic E-state index is 0.440. The Labute approximate surface area is 110 Å². The first-order valence-electron chi connectivity index (χ1n) is 6.23. The number of thioether (sulfide) groups is 1. The van der Waals surface area contributed by atoms with E-state index in [4.69, 9.17) is 5.73 Å². The molecule has 0 radical (unpaired) electrons. The normalized spacial score (nSPS) is 12.5. The first kappa shape index (κ1) is 14.4. The van der Waals surface area contributed by atoms with E-state index >= 15 is 0 Å². The highest BCUT2D eigenvalue weighted by Gasteiger charge is 2.12. The van der Waals surface area contributed by atoms with Crippen LogP contribution in [-0.2, 0) is 6.42 Å². The number of nitrogens with two attached hydrogens (primary N) is 1. The molecule has 1 rings (SSSR count). The van der Waals surface area contributed by atoms with Crippen LogP contribution in [0.2, 0.25) is 0 Å². The fraction of sp³-hybridized carbons (Fsp3) is 0.571. The third-order valence-corrected chi connectivity index (χ3v) is 3.87. The Kier molecular flexibility index (Phi) is 6.45. The highest BCUT2D eigenvalue weighted by atomic mass is 32.2. The van der Waals surface area contributed by atoms with Crippen LogP contribution in [0.4, 0.5) is 5.69 Å². The molecule has 0 saturated heterocycles. The molecule has 0 aliphatic rings. The van der Waals surface area contributed by atoms with E-state index < -0.39 is 0 Å². The molecule has 0 spiro atoms. The van der Waals surface area contributed by atoms with E-state index in [1.54, 1.807) is 0 Å².